The van der Waals surface area contributed by atoms with Crippen molar-refractivity contribution in [3.8, 4) is 17.0 Å². The number of rotatable bonds is 6. The molecule has 164 valence electrons. The molecule has 0 radical (unpaired) electrons. The van der Waals surface area contributed by atoms with Crippen LogP contribution >= 0.6 is 0 Å². The average Bonchev–Trinajstić information content (AvgIpc) is 3.19. The maximum Gasteiger partial charge on any atom is 0.224 e. The van der Waals surface area contributed by atoms with Crippen molar-refractivity contribution < 1.29 is 9.53 Å². The number of hydrogen-bond donors (Lipinski definition) is 1. The smallest absolute Gasteiger partial charge is 0.224 e. The minimum absolute atomic E-state index is 0.00831. The zero-order valence-electron chi connectivity index (χ0n) is 19.2. The number of amides is 1. The first-order chi connectivity index (χ1) is 15.4. The molecule has 0 saturated heterocycles. The van der Waals surface area contributed by atoms with E-state index in [1.165, 1.54) is 5.56 Å². The number of aromatic nitrogens is 3. The van der Waals surface area contributed by atoms with Crippen molar-refractivity contribution in [1.29, 1.82) is 0 Å². The number of nitrogens with zero attached hydrogens (tertiary/aromatic N) is 3. The van der Waals surface area contributed by atoms with E-state index >= 15 is 0 Å². The number of para-hydroxylation sites is 1. The normalized spacial score (nSPS) is 11.0. The Balaban J connectivity index is 1.57. The van der Waals surface area contributed by atoms with Gasteiger partial charge in [-0.1, -0.05) is 29.8 Å². The number of methoxy groups -OCH3 is 1. The summed E-state index contributed by atoms with van der Waals surface area (Å²) in [6.07, 6.45) is 0.976. The van der Waals surface area contributed by atoms with Crippen LogP contribution in [0.15, 0.2) is 48.5 Å². The lowest BCUT2D eigenvalue weighted by atomic mass is 10.1. The van der Waals surface area contributed by atoms with Crippen LogP contribution in [-0.2, 0) is 11.2 Å². The molecule has 1 amide bonds. The van der Waals surface area contributed by atoms with Crippen LogP contribution in [0.3, 0.4) is 0 Å². The number of benzene rings is 2. The van der Waals surface area contributed by atoms with Crippen molar-refractivity contribution in [2.24, 2.45) is 0 Å². The maximum absolute atomic E-state index is 12.6. The van der Waals surface area contributed by atoms with Crippen molar-refractivity contribution in [3.63, 3.8) is 0 Å². The fourth-order valence-corrected chi connectivity index (χ4v) is 4.08. The van der Waals surface area contributed by atoms with Gasteiger partial charge in [-0.2, -0.15) is 5.10 Å². The Kier molecular flexibility index (Phi) is 5.95. The number of carbonyl (C=O) groups excluding carboxylic acids is 1. The Labute approximate surface area is 188 Å². The summed E-state index contributed by atoms with van der Waals surface area (Å²) >= 11 is 0. The number of carbonyl (C=O) groups is 1. The highest BCUT2D eigenvalue weighted by atomic mass is 16.5. The SMILES string of the molecule is COc1ccccc1-c1cc2nc(C)c(CCC(=O)Nc3ccc(C)cc3C)c(C)n2n1. The highest BCUT2D eigenvalue weighted by Crippen LogP contribution is 2.30. The van der Waals surface area contributed by atoms with Gasteiger partial charge in [0.25, 0.3) is 0 Å². The summed E-state index contributed by atoms with van der Waals surface area (Å²) in [5.74, 6) is 0.764. The molecule has 4 aromatic rings. The maximum atomic E-state index is 12.6. The average molecular weight is 429 g/mol. The van der Waals surface area contributed by atoms with Gasteiger partial charge in [0.15, 0.2) is 5.65 Å². The third kappa shape index (κ3) is 4.21. The molecule has 0 bridgehead atoms. The summed E-state index contributed by atoms with van der Waals surface area (Å²) in [7, 11) is 1.66. The summed E-state index contributed by atoms with van der Waals surface area (Å²) in [6, 6.07) is 15.8. The van der Waals surface area contributed by atoms with Crippen molar-refractivity contribution >= 4 is 17.2 Å². The second-order valence-corrected chi connectivity index (χ2v) is 8.13. The fourth-order valence-electron chi connectivity index (χ4n) is 4.08. The number of ether oxygens (including phenoxy) is 1. The zero-order valence-corrected chi connectivity index (χ0v) is 19.2. The molecule has 1 N–H and O–H groups in total. The highest BCUT2D eigenvalue weighted by molar-refractivity contribution is 5.91. The summed E-state index contributed by atoms with van der Waals surface area (Å²) < 4.78 is 7.34. The van der Waals surface area contributed by atoms with E-state index in [9.17, 15) is 4.79 Å². The Morgan fingerprint density at radius 2 is 1.84 bits per heavy atom. The Morgan fingerprint density at radius 3 is 2.59 bits per heavy atom. The predicted octanol–water partition coefficient (Wildman–Crippen LogP) is 5.21. The molecule has 2 aromatic heterocycles. The number of fused-ring (bicyclic) bond motifs is 1. The van der Waals surface area contributed by atoms with E-state index in [-0.39, 0.29) is 5.91 Å². The molecule has 4 rings (SSSR count). The Bertz CT molecular complexity index is 1310. The van der Waals surface area contributed by atoms with Crippen LogP contribution in [-0.4, -0.2) is 27.6 Å². The first-order valence-electron chi connectivity index (χ1n) is 10.7. The third-order valence-electron chi connectivity index (χ3n) is 5.80. The molecule has 0 fully saturated rings. The molecule has 0 aliphatic heterocycles. The Hall–Kier alpha value is -3.67. The van der Waals surface area contributed by atoms with Gasteiger partial charge in [0.1, 0.15) is 5.75 Å². The van der Waals surface area contributed by atoms with Gasteiger partial charge in [0.05, 0.1) is 12.8 Å². The van der Waals surface area contributed by atoms with Crippen LogP contribution in [0.5, 0.6) is 5.75 Å². The second-order valence-electron chi connectivity index (χ2n) is 8.13. The van der Waals surface area contributed by atoms with Crippen LogP contribution in [0.25, 0.3) is 16.9 Å². The van der Waals surface area contributed by atoms with Gasteiger partial charge in [-0.05, 0) is 63.4 Å². The molecule has 0 unspecified atom stereocenters. The monoisotopic (exact) mass is 428 g/mol. The largest absolute Gasteiger partial charge is 0.496 e. The van der Waals surface area contributed by atoms with Gasteiger partial charge in [-0.15, -0.1) is 0 Å². The van der Waals surface area contributed by atoms with Gasteiger partial charge >= 0.3 is 0 Å². The summed E-state index contributed by atoms with van der Waals surface area (Å²) in [5, 5.41) is 7.81. The molecular formula is C26H28N4O2. The first-order valence-corrected chi connectivity index (χ1v) is 10.7. The molecular weight excluding hydrogens is 400 g/mol. The van der Waals surface area contributed by atoms with Crippen LogP contribution in [0.1, 0.15) is 34.5 Å². The fraction of sp³-hybridized carbons (Fsp3) is 0.269. The van der Waals surface area contributed by atoms with Crippen molar-refractivity contribution in [2.75, 3.05) is 12.4 Å². The minimum atomic E-state index is -0.00831. The van der Waals surface area contributed by atoms with Crippen LogP contribution < -0.4 is 10.1 Å². The topological polar surface area (TPSA) is 68.5 Å². The van der Waals surface area contributed by atoms with Crippen molar-refractivity contribution in [3.05, 3.63) is 76.6 Å². The zero-order chi connectivity index (χ0) is 22.8. The third-order valence-corrected chi connectivity index (χ3v) is 5.80. The molecule has 0 aliphatic carbocycles. The van der Waals surface area contributed by atoms with Gasteiger partial charge < -0.3 is 10.1 Å². The summed E-state index contributed by atoms with van der Waals surface area (Å²) in [6.45, 7) is 8.06. The van der Waals surface area contributed by atoms with E-state index in [1.807, 2.05) is 74.7 Å². The standard InChI is InChI=1S/C26H28N4O2/c1-16-10-12-22(17(2)14-16)28-26(31)13-11-20-18(3)27-25-15-23(29-30(25)19(20)4)21-8-6-7-9-24(21)32-5/h6-10,12,14-15H,11,13H2,1-5H3,(H,28,31). The lowest BCUT2D eigenvalue weighted by Gasteiger charge is -2.12. The molecule has 2 heterocycles. The molecule has 0 spiro atoms. The summed E-state index contributed by atoms with van der Waals surface area (Å²) in [5.41, 5.74) is 8.57. The first kappa shape index (κ1) is 21.6. The molecule has 0 aliphatic rings. The van der Waals surface area contributed by atoms with Crippen LogP contribution in [0.2, 0.25) is 0 Å². The Morgan fingerprint density at radius 1 is 1.06 bits per heavy atom. The lowest BCUT2D eigenvalue weighted by molar-refractivity contribution is -0.116. The number of hydrogen-bond acceptors (Lipinski definition) is 4. The second kappa shape index (κ2) is 8.83. The molecule has 6 heteroatoms. The van der Waals surface area contributed by atoms with E-state index < -0.39 is 0 Å². The molecule has 6 nitrogen and oxygen atoms in total. The predicted molar refractivity (Wildman–Crippen MR) is 127 cm³/mol. The van der Waals surface area contributed by atoms with Crippen molar-refractivity contribution in [2.45, 2.75) is 40.5 Å². The number of anilines is 1. The molecule has 2 aromatic carbocycles. The lowest BCUT2D eigenvalue weighted by Crippen LogP contribution is -2.15. The van der Waals surface area contributed by atoms with E-state index in [0.717, 1.165) is 50.9 Å². The molecule has 0 atom stereocenters. The summed E-state index contributed by atoms with van der Waals surface area (Å²) in [4.78, 5) is 17.4. The van der Waals surface area contributed by atoms with Gasteiger partial charge in [0.2, 0.25) is 5.91 Å². The van der Waals surface area contributed by atoms with Crippen LogP contribution in [0.4, 0.5) is 5.69 Å². The minimum Gasteiger partial charge on any atom is -0.496 e. The quantitative estimate of drug-likeness (QED) is 0.458. The van der Waals surface area contributed by atoms with Gasteiger partial charge in [-0.25, -0.2) is 9.50 Å². The van der Waals surface area contributed by atoms with E-state index in [1.54, 1.807) is 7.11 Å². The van der Waals surface area contributed by atoms with Gasteiger partial charge in [0, 0.05) is 35.1 Å². The molecule has 0 saturated carbocycles. The van der Waals surface area contributed by atoms with E-state index in [0.29, 0.717) is 12.8 Å². The van der Waals surface area contributed by atoms with Crippen molar-refractivity contribution in [1.82, 2.24) is 14.6 Å². The highest BCUT2D eigenvalue weighted by Gasteiger charge is 2.16. The van der Waals surface area contributed by atoms with E-state index in [2.05, 4.69) is 11.4 Å². The number of aryl methyl sites for hydroxylation is 4. The van der Waals surface area contributed by atoms with Gasteiger partial charge in [-0.3, -0.25) is 4.79 Å². The van der Waals surface area contributed by atoms with E-state index in [4.69, 9.17) is 14.8 Å². The number of nitrogens with one attached hydrogen (secondary N) is 1. The molecule has 32 heavy (non-hydrogen) atoms. The van der Waals surface area contributed by atoms with Crippen LogP contribution in [0, 0.1) is 27.7 Å².